The minimum Gasteiger partial charge on any atom is -0.399 e. The predicted molar refractivity (Wildman–Crippen MR) is 130 cm³/mol. The van der Waals surface area contributed by atoms with E-state index >= 15 is 0 Å². The molecule has 0 spiro atoms. The van der Waals surface area contributed by atoms with E-state index in [-0.39, 0.29) is 42.3 Å². The number of aliphatic hydroxyl groups excluding tert-OH is 1. The van der Waals surface area contributed by atoms with Crippen LogP contribution in [0.2, 0.25) is 0 Å². The van der Waals surface area contributed by atoms with Gasteiger partial charge in [-0.1, -0.05) is 60.5 Å². The molecule has 1 aliphatic carbocycles. The minimum atomic E-state index is -3.96. The van der Waals surface area contributed by atoms with E-state index in [9.17, 15) is 18.3 Å². The molecule has 2 aliphatic rings. The standard InChI is InChI=1S/C25H31N3O5S/c1-33-27-21-15-24(25(30)26-23-10-6-5-9-20(23)17-29)28(16-21)34(31,32)22-13-11-19(12-14-22)18-7-3-2-4-8-18/h2-4,7-8,11-14,20,23-24,29H,5-6,9-10,15-17H2,1H3,(H,26,30)/t20-,23-,24+/m1/s1. The molecule has 4 rings (SSSR count). The second-order valence-electron chi connectivity index (χ2n) is 8.84. The van der Waals surface area contributed by atoms with Crippen molar-refractivity contribution in [1.29, 1.82) is 0 Å². The lowest BCUT2D eigenvalue weighted by Gasteiger charge is -2.32. The van der Waals surface area contributed by atoms with Gasteiger partial charge in [-0.05, 0) is 36.1 Å². The fourth-order valence-electron chi connectivity index (χ4n) is 4.83. The maximum Gasteiger partial charge on any atom is 0.244 e. The molecule has 2 aromatic carbocycles. The number of aliphatic hydroxyl groups is 1. The second kappa shape index (κ2) is 10.7. The Hall–Kier alpha value is -2.75. The van der Waals surface area contributed by atoms with E-state index in [0.717, 1.165) is 36.8 Å². The molecule has 34 heavy (non-hydrogen) atoms. The van der Waals surface area contributed by atoms with Gasteiger partial charge in [-0.3, -0.25) is 4.79 Å². The van der Waals surface area contributed by atoms with Gasteiger partial charge in [-0.2, -0.15) is 4.31 Å². The van der Waals surface area contributed by atoms with Gasteiger partial charge in [0.2, 0.25) is 15.9 Å². The Balaban J connectivity index is 1.57. The Labute approximate surface area is 200 Å². The van der Waals surface area contributed by atoms with E-state index in [4.69, 9.17) is 4.84 Å². The highest BCUT2D eigenvalue weighted by Crippen LogP contribution is 2.29. The van der Waals surface area contributed by atoms with Crippen molar-refractivity contribution in [3.63, 3.8) is 0 Å². The van der Waals surface area contributed by atoms with Crippen LogP contribution >= 0.6 is 0 Å². The van der Waals surface area contributed by atoms with Crippen LogP contribution in [0.4, 0.5) is 0 Å². The zero-order chi connectivity index (χ0) is 24.1. The molecule has 2 N–H and O–H groups in total. The fraction of sp³-hybridized carbons (Fsp3) is 0.440. The largest absolute Gasteiger partial charge is 0.399 e. The molecule has 1 saturated carbocycles. The van der Waals surface area contributed by atoms with Gasteiger partial charge in [0.15, 0.2) is 0 Å². The first-order valence-electron chi connectivity index (χ1n) is 11.6. The number of amides is 1. The normalized spacial score (nSPS) is 24.8. The maximum atomic E-state index is 13.6. The highest BCUT2D eigenvalue weighted by Gasteiger charge is 2.43. The van der Waals surface area contributed by atoms with Crippen LogP contribution < -0.4 is 5.32 Å². The zero-order valence-corrected chi connectivity index (χ0v) is 20.1. The van der Waals surface area contributed by atoms with E-state index in [1.54, 1.807) is 24.3 Å². The summed E-state index contributed by atoms with van der Waals surface area (Å²) in [5, 5.41) is 16.6. The van der Waals surface area contributed by atoms with Gasteiger partial charge < -0.3 is 15.3 Å². The number of hydrogen-bond acceptors (Lipinski definition) is 6. The van der Waals surface area contributed by atoms with Crippen LogP contribution in [0.5, 0.6) is 0 Å². The van der Waals surface area contributed by atoms with Crippen LogP contribution in [0.25, 0.3) is 11.1 Å². The van der Waals surface area contributed by atoms with Crippen LogP contribution in [0.1, 0.15) is 32.1 Å². The van der Waals surface area contributed by atoms with Gasteiger partial charge in [0, 0.05) is 25.0 Å². The lowest BCUT2D eigenvalue weighted by atomic mass is 9.85. The van der Waals surface area contributed by atoms with Crippen LogP contribution in [0, 0.1) is 5.92 Å². The predicted octanol–water partition coefficient (Wildman–Crippen LogP) is 2.79. The molecule has 182 valence electrons. The molecule has 1 amide bonds. The van der Waals surface area contributed by atoms with Gasteiger partial charge in [0.1, 0.15) is 13.2 Å². The molecule has 0 unspecified atom stereocenters. The molecule has 2 aromatic rings. The summed E-state index contributed by atoms with van der Waals surface area (Å²) in [5.41, 5.74) is 2.39. The summed E-state index contributed by atoms with van der Waals surface area (Å²) in [7, 11) is -2.56. The summed E-state index contributed by atoms with van der Waals surface area (Å²) in [6.45, 7) is -0.00936. The number of oxime groups is 1. The third kappa shape index (κ3) is 5.16. The molecule has 1 aliphatic heterocycles. The second-order valence-corrected chi connectivity index (χ2v) is 10.7. The monoisotopic (exact) mass is 485 g/mol. The number of rotatable bonds is 7. The van der Waals surface area contributed by atoms with Crippen molar-refractivity contribution in [1.82, 2.24) is 9.62 Å². The van der Waals surface area contributed by atoms with Gasteiger partial charge in [-0.15, -0.1) is 0 Å². The minimum absolute atomic E-state index is 0.00176. The van der Waals surface area contributed by atoms with E-state index in [1.165, 1.54) is 11.4 Å². The number of carbonyl (C=O) groups excluding carboxylic acids is 1. The molecule has 0 aromatic heterocycles. The quantitative estimate of drug-likeness (QED) is 0.587. The molecule has 0 radical (unpaired) electrons. The third-order valence-corrected chi connectivity index (χ3v) is 8.55. The van der Waals surface area contributed by atoms with Crippen LogP contribution in [0.3, 0.4) is 0 Å². The first-order valence-corrected chi connectivity index (χ1v) is 13.1. The Morgan fingerprint density at radius 1 is 1.09 bits per heavy atom. The number of hydrogen-bond donors (Lipinski definition) is 2. The first-order chi connectivity index (χ1) is 16.4. The lowest BCUT2D eigenvalue weighted by Crippen LogP contribution is -2.51. The van der Waals surface area contributed by atoms with Gasteiger partial charge in [0.05, 0.1) is 17.2 Å². The van der Waals surface area contributed by atoms with Crippen molar-refractivity contribution in [2.24, 2.45) is 11.1 Å². The topological polar surface area (TPSA) is 108 Å². The molecule has 0 bridgehead atoms. The first kappa shape index (κ1) is 24.4. The summed E-state index contributed by atoms with van der Waals surface area (Å²) >= 11 is 0. The third-order valence-electron chi connectivity index (χ3n) is 6.68. The van der Waals surface area contributed by atoms with Crippen molar-refractivity contribution in [2.75, 3.05) is 20.3 Å². The van der Waals surface area contributed by atoms with Crippen molar-refractivity contribution in [2.45, 2.75) is 49.1 Å². The van der Waals surface area contributed by atoms with Crippen LogP contribution in [-0.4, -0.2) is 61.8 Å². The molecule has 3 atom stereocenters. The fourth-order valence-corrected chi connectivity index (χ4v) is 6.41. The number of nitrogens with zero attached hydrogens (tertiary/aromatic N) is 2. The number of carbonyl (C=O) groups is 1. The van der Waals surface area contributed by atoms with Gasteiger partial charge >= 0.3 is 0 Å². The van der Waals surface area contributed by atoms with Crippen LogP contribution in [-0.2, 0) is 19.7 Å². The number of nitrogens with one attached hydrogen (secondary N) is 1. The summed E-state index contributed by atoms with van der Waals surface area (Å²) in [6.07, 6.45) is 3.77. The van der Waals surface area contributed by atoms with E-state index < -0.39 is 16.1 Å². The van der Waals surface area contributed by atoms with E-state index in [1.807, 2.05) is 30.3 Å². The average Bonchev–Trinajstić information content (AvgIpc) is 3.30. The summed E-state index contributed by atoms with van der Waals surface area (Å²) in [6, 6.07) is 15.3. The SMILES string of the molecule is CON=C1C[C@@H](C(=O)N[C@@H]2CCCC[C@@H]2CO)N(S(=O)(=O)c2ccc(-c3ccccc3)cc2)C1. The molecule has 9 heteroatoms. The lowest BCUT2D eigenvalue weighted by molar-refractivity contribution is -0.125. The molecular weight excluding hydrogens is 454 g/mol. The summed E-state index contributed by atoms with van der Waals surface area (Å²) in [5.74, 6) is -0.377. The highest BCUT2D eigenvalue weighted by atomic mass is 32.2. The molecule has 2 fully saturated rings. The highest BCUT2D eigenvalue weighted by molar-refractivity contribution is 7.89. The zero-order valence-electron chi connectivity index (χ0n) is 19.3. The Bertz CT molecular complexity index is 1120. The summed E-state index contributed by atoms with van der Waals surface area (Å²) in [4.78, 5) is 18.2. The van der Waals surface area contributed by atoms with Crippen molar-refractivity contribution in [3.05, 3.63) is 54.6 Å². The van der Waals surface area contributed by atoms with Gasteiger partial charge in [-0.25, -0.2) is 8.42 Å². The Morgan fingerprint density at radius 2 is 1.76 bits per heavy atom. The van der Waals surface area contributed by atoms with Crippen LogP contribution in [0.15, 0.2) is 64.6 Å². The number of sulfonamides is 1. The van der Waals surface area contributed by atoms with E-state index in [2.05, 4.69) is 10.5 Å². The number of benzene rings is 2. The van der Waals surface area contributed by atoms with Crippen molar-refractivity contribution in [3.8, 4) is 11.1 Å². The maximum absolute atomic E-state index is 13.6. The Kier molecular flexibility index (Phi) is 7.65. The van der Waals surface area contributed by atoms with Crippen molar-refractivity contribution < 1.29 is 23.2 Å². The average molecular weight is 486 g/mol. The van der Waals surface area contributed by atoms with Crippen molar-refractivity contribution >= 4 is 21.6 Å². The summed E-state index contributed by atoms with van der Waals surface area (Å²) < 4.78 is 28.3. The molecule has 8 nitrogen and oxygen atoms in total. The molecule has 1 heterocycles. The van der Waals surface area contributed by atoms with Gasteiger partial charge in [0.25, 0.3) is 0 Å². The smallest absolute Gasteiger partial charge is 0.244 e. The molecule has 1 saturated heterocycles. The Morgan fingerprint density at radius 3 is 2.44 bits per heavy atom. The van der Waals surface area contributed by atoms with E-state index in [0.29, 0.717) is 5.71 Å². The molecular formula is C25H31N3O5S.